The van der Waals surface area contributed by atoms with Gasteiger partial charge in [-0.05, 0) is 67.9 Å². The van der Waals surface area contributed by atoms with Gasteiger partial charge in [-0.15, -0.1) is 0 Å². The molecule has 1 saturated heterocycles. The molecular weight excluding hydrogens is 432 g/mol. The maximum Gasteiger partial charge on any atom is 0.122 e. The van der Waals surface area contributed by atoms with Gasteiger partial charge in [0.2, 0.25) is 0 Å². The first-order valence-corrected chi connectivity index (χ1v) is 11.7. The fourth-order valence-corrected chi connectivity index (χ4v) is 3.70. The monoisotopic (exact) mass is 468 g/mol. The normalized spacial score (nSPS) is 16.2. The fraction of sp³-hybridized carbons (Fsp3) is 0.440. The number of nitrogen functional groups attached to an aromatic ring is 2. The quantitative estimate of drug-likeness (QED) is 0.162. The Morgan fingerprint density at radius 1 is 0.912 bits per heavy atom. The predicted octanol–water partition coefficient (Wildman–Crippen LogP) is 1.78. The minimum atomic E-state index is 0.0601. The molecule has 0 amide bonds. The molecule has 1 aliphatic rings. The van der Waals surface area contributed by atoms with E-state index < -0.39 is 0 Å². The second kappa shape index (κ2) is 13.5. The van der Waals surface area contributed by atoms with Crippen molar-refractivity contribution in [3.63, 3.8) is 0 Å². The molecule has 34 heavy (non-hydrogen) atoms. The van der Waals surface area contributed by atoms with Crippen LogP contribution in [0.15, 0.2) is 48.5 Å². The van der Waals surface area contributed by atoms with E-state index >= 15 is 0 Å². The third kappa shape index (κ3) is 8.66. The van der Waals surface area contributed by atoms with Crippen LogP contribution in [0.2, 0.25) is 0 Å². The minimum Gasteiger partial charge on any atom is -0.494 e. The first-order chi connectivity index (χ1) is 16.5. The molecule has 1 aliphatic heterocycles. The lowest BCUT2D eigenvalue weighted by molar-refractivity contribution is -0.0280. The van der Waals surface area contributed by atoms with E-state index in [1.54, 1.807) is 24.3 Å². The van der Waals surface area contributed by atoms with E-state index in [-0.39, 0.29) is 17.8 Å². The first-order valence-electron chi connectivity index (χ1n) is 11.7. The van der Waals surface area contributed by atoms with Crippen LogP contribution in [0, 0.1) is 10.8 Å². The van der Waals surface area contributed by atoms with Crippen LogP contribution in [0.1, 0.15) is 24.0 Å². The zero-order chi connectivity index (χ0) is 24.2. The van der Waals surface area contributed by atoms with E-state index in [0.717, 1.165) is 63.7 Å². The van der Waals surface area contributed by atoms with Crippen LogP contribution in [0.4, 0.5) is 0 Å². The molecule has 1 atom stereocenters. The number of hydrogen-bond donors (Lipinski definition) is 5. The summed E-state index contributed by atoms with van der Waals surface area (Å²) in [4.78, 5) is 2.42. The van der Waals surface area contributed by atoms with E-state index in [1.165, 1.54) is 0 Å². The summed E-state index contributed by atoms with van der Waals surface area (Å²) in [6, 6.07) is 14.6. The van der Waals surface area contributed by atoms with Gasteiger partial charge in [0, 0.05) is 37.3 Å². The van der Waals surface area contributed by atoms with Gasteiger partial charge in [-0.3, -0.25) is 15.7 Å². The molecule has 2 aromatic rings. The molecule has 1 unspecified atom stereocenters. The second-order valence-electron chi connectivity index (χ2n) is 8.28. The van der Waals surface area contributed by atoms with Crippen molar-refractivity contribution < 1.29 is 14.2 Å². The predicted molar refractivity (Wildman–Crippen MR) is 134 cm³/mol. The van der Waals surface area contributed by atoms with Crippen molar-refractivity contribution >= 4 is 11.7 Å². The first kappa shape index (κ1) is 25.5. The van der Waals surface area contributed by atoms with Crippen molar-refractivity contribution in [2.45, 2.75) is 18.9 Å². The summed E-state index contributed by atoms with van der Waals surface area (Å²) >= 11 is 0. The summed E-state index contributed by atoms with van der Waals surface area (Å²) in [5, 5.41) is 18.3. The molecule has 0 aliphatic carbocycles. The van der Waals surface area contributed by atoms with Crippen LogP contribution >= 0.6 is 0 Å². The molecule has 2 aromatic carbocycles. The lowest BCUT2D eigenvalue weighted by Gasteiger charge is -2.33. The number of nitrogens with zero attached hydrogens (tertiary/aromatic N) is 1. The molecule has 0 saturated carbocycles. The summed E-state index contributed by atoms with van der Waals surface area (Å²) in [6.45, 7) is 6.54. The molecule has 0 radical (unpaired) electrons. The summed E-state index contributed by atoms with van der Waals surface area (Å²) < 4.78 is 17.4. The molecule has 0 spiro atoms. The average Bonchev–Trinajstić information content (AvgIpc) is 2.85. The Morgan fingerprint density at radius 3 is 2.03 bits per heavy atom. The number of nitrogens with one attached hydrogen (secondary N) is 3. The van der Waals surface area contributed by atoms with Gasteiger partial charge in [-0.25, -0.2) is 0 Å². The Labute approximate surface area is 201 Å². The number of hydrogen-bond acceptors (Lipinski definition) is 7. The number of nitrogens with two attached hydrogens (primary N) is 2. The standard InChI is InChI=1S/C25H36N6O3/c26-24(27)19-3-7-21(8-4-19)32-14-1-11-30-17-23-18-31(13-16-34-23)12-2-15-33-22-9-5-20(6-10-22)25(28)29/h3-10,23,30H,1-2,11-18H2,(H3,26,27)(H3,28,29). The van der Waals surface area contributed by atoms with Gasteiger partial charge in [0.1, 0.15) is 23.2 Å². The lowest BCUT2D eigenvalue weighted by atomic mass is 10.2. The highest BCUT2D eigenvalue weighted by molar-refractivity contribution is 5.95. The Bertz CT molecular complexity index is 904. The summed E-state index contributed by atoms with van der Waals surface area (Å²) in [7, 11) is 0. The number of rotatable bonds is 14. The van der Waals surface area contributed by atoms with Gasteiger partial charge >= 0.3 is 0 Å². The second-order valence-corrected chi connectivity index (χ2v) is 8.28. The fourth-order valence-electron chi connectivity index (χ4n) is 3.70. The zero-order valence-corrected chi connectivity index (χ0v) is 19.6. The van der Waals surface area contributed by atoms with Crippen molar-refractivity contribution in [2.24, 2.45) is 11.5 Å². The molecule has 0 aromatic heterocycles. The molecule has 1 heterocycles. The molecule has 3 rings (SSSR count). The summed E-state index contributed by atoms with van der Waals surface area (Å²) in [6.07, 6.45) is 2.03. The smallest absolute Gasteiger partial charge is 0.122 e. The van der Waals surface area contributed by atoms with E-state index in [4.69, 9.17) is 36.5 Å². The highest BCUT2D eigenvalue weighted by Gasteiger charge is 2.19. The van der Waals surface area contributed by atoms with Crippen molar-refractivity contribution in [2.75, 3.05) is 52.5 Å². The van der Waals surface area contributed by atoms with Gasteiger partial charge in [-0.1, -0.05) is 0 Å². The third-order valence-corrected chi connectivity index (χ3v) is 5.58. The van der Waals surface area contributed by atoms with Gasteiger partial charge in [-0.2, -0.15) is 0 Å². The number of ether oxygens (including phenoxy) is 3. The highest BCUT2D eigenvalue weighted by Crippen LogP contribution is 2.13. The summed E-state index contributed by atoms with van der Waals surface area (Å²) in [5.74, 6) is 1.71. The number of amidine groups is 2. The molecule has 0 bridgehead atoms. The minimum absolute atomic E-state index is 0.0601. The average molecular weight is 469 g/mol. The summed E-state index contributed by atoms with van der Waals surface area (Å²) in [5.41, 5.74) is 12.3. The van der Waals surface area contributed by atoms with E-state index in [9.17, 15) is 0 Å². The third-order valence-electron chi connectivity index (χ3n) is 5.58. The Hall–Kier alpha value is -3.14. The van der Waals surface area contributed by atoms with Crippen LogP contribution in [0.5, 0.6) is 11.5 Å². The van der Waals surface area contributed by atoms with E-state index in [1.807, 2.05) is 24.3 Å². The Morgan fingerprint density at radius 2 is 1.47 bits per heavy atom. The molecule has 184 valence electrons. The zero-order valence-electron chi connectivity index (χ0n) is 19.6. The Kier molecular flexibility index (Phi) is 10.1. The number of morpholine rings is 1. The van der Waals surface area contributed by atoms with Crippen LogP contribution < -0.4 is 26.3 Å². The van der Waals surface area contributed by atoms with Crippen molar-refractivity contribution in [1.82, 2.24) is 10.2 Å². The topological polar surface area (TPSA) is 143 Å². The highest BCUT2D eigenvalue weighted by atomic mass is 16.5. The van der Waals surface area contributed by atoms with Gasteiger partial charge in [0.15, 0.2) is 0 Å². The maximum absolute atomic E-state index is 7.43. The van der Waals surface area contributed by atoms with Crippen LogP contribution in [-0.4, -0.2) is 75.2 Å². The largest absolute Gasteiger partial charge is 0.494 e. The number of benzene rings is 2. The van der Waals surface area contributed by atoms with E-state index in [2.05, 4.69) is 10.2 Å². The molecular formula is C25H36N6O3. The molecule has 7 N–H and O–H groups in total. The van der Waals surface area contributed by atoms with Crippen molar-refractivity contribution in [1.29, 1.82) is 10.8 Å². The van der Waals surface area contributed by atoms with Crippen molar-refractivity contribution in [3.05, 3.63) is 59.7 Å². The van der Waals surface area contributed by atoms with Crippen molar-refractivity contribution in [3.8, 4) is 11.5 Å². The van der Waals surface area contributed by atoms with Crippen LogP contribution in [0.25, 0.3) is 0 Å². The SMILES string of the molecule is N=C(N)c1ccc(OCCCNCC2CN(CCCOc3ccc(C(=N)N)cc3)CCO2)cc1. The van der Waals surface area contributed by atoms with Gasteiger partial charge < -0.3 is 31.0 Å². The van der Waals surface area contributed by atoms with Gasteiger partial charge in [0.25, 0.3) is 0 Å². The lowest BCUT2D eigenvalue weighted by Crippen LogP contribution is -2.47. The molecule has 9 nitrogen and oxygen atoms in total. The Balaban J connectivity index is 1.23. The molecule has 1 fully saturated rings. The van der Waals surface area contributed by atoms with Crippen LogP contribution in [0.3, 0.4) is 0 Å². The van der Waals surface area contributed by atoms with Crippen LogP contribution in [-0.2, 0) is 4.74 Å². The maximum atomic E-state index is 7.43. The van der Waals surface area contributed by atoms with Gasteiger partial charge in [0.05, 0.1) is 25.9 Å². The molecule has 9 heteroatoms. The van der Waals surface area contributed by atoms with E-state index in [0.29, 0.717) is 24.3 Å².